The Labute approximate surface area is 120 Å². The molecule has 0 saturated carbocycles. The molecule has 1 aromatic rings. The summed E-state index contributed by atoms with van der Waals surface area (Å²) in [6.07, 6.45) is 0. The SMILES string of the molecule is Cc1ccccc1.[AlH2][O][SiH3].[Cl-].[Cl-].[Mg+2]. The van der Waals surface area contributed by atoms with Crippen LogP contribution in [0.3, 0.4) is 0 Å². The predicted octanol–water partition coefficient (Wildman–Crippen LogP) is -6.55. The topological polar surface area (TPSA) is 9.23 Å². The van der Waals surface area contributed by atoms with Crippen molar-refractivity contribution in [2.45, 2.75) is 6.92 Å². The Morgan fingerprint density at radius 2 is 1.46 bits per heavy atom. The summed E-state index contributed by atoms with van der Waals surface area (Å²) < 4.78 is 4.53. The summed E-state index contributed by atoms with van der Waals surface area (Å²) in [7, 11) is 0.931. The van der Waals surface area contributed by atoms with Crippen LogP contribution in [0, 0.1) is 6.92 Å². The van der Waals surface area contributed by atoms with Gasteiger partial charge in [-0.2, -0.15) is 0 Å². The predicted molar refractivity (Wildman–Crippen MR) is 56.5 cm³/mol. The van der Waals surface area contributed by atoms with Crippen molar-refractivity contribution in [3.8, 4) is 0 Å². The van der Waals surface area contributed by atoms with Gasteiger partial charge in [0.2, 0.25) is 0 Å². The second-order valence-electron chi connectivity index (χ2n) is 2.06. The van der Waals surface area contributed by atoms with Crippen molar-refractivity contribution in [2.24, 2.45) is 0 Å². The van der Waals surface area contributed by atoms with Gasteiger partial charge in [0.15, 0.2) is 0 Å². The first-order valence-corrected chi connectivity index (χ1v) is 4.86. The van der Waals surface area contributed by atoms with Crippen LogP contribution < -0.4 is 24.8 Å². The molecule has 0 aliphatic rings. The third-order valence-electron chi connectivity index (χ3n) is 0.940. The molecule has 0 N–H and O–H groups in total. The fourth-order valence-corrected chi connectivity index (χ4v) is 0.534. The number of hydrogen-bond donors (Lipinski definition) is 0. The molecule has 0 unspecified atom stereocenters. The summed E-state index contributed by atoms with van der Waals surface area (Å²) >= 11 is 0.931. The van der Waals surface area contributed by atoms with Gasteiger partial charge in [-0.3, -0.25) is 0 Å². The van der Waals surface area contributed by atoms with Crippen LogP contribution in [-0.2, 0) is 3.48 Å². The van der Waals surface area contributed by atoms with Crippen LogP contribution in [0.2, 0.25) is 0 Å². The molecule has 70 valence electrons. The van der Waals surface area contributed by atoms with E-state index in [0.717, 1.165) is 27.1 Å². The van der Waals surface area contributed by atoms with Crippen molar-refractivity contribution < 1.29 is 28.3 Å². The minimum atomic E-state index is 0. The van der Waals surface area contributed by atoms with Gasteiger partial charge >= 0.3 is 39.7 Å². The minimum absolute atomic E-state index is 0. The molecule has 0 fully saturated rings. The Balaban J connectivity index is -0.0000000615. The smallest absolute Gasteiger partial charge is 1.00 e. The van der Waals surface area contributed by atoms with Gasteiger partial charge in [0.1, 0.15) is 10.5 Å². The van der Waals surface area contributed by atoms with Crippen LogP contribution in [0.1, 0.15) is 5.56 Å². The van der Waals surface area contributed by atoms with Gasteiger partial charge in [-0.15, -0.1) is 0 Å². The Kier molecular flexibility index (Phi) is 34.7. The molecule has 1 aromatic carbocycles. The van der Waals surface area contributed by atoms with E-state index in [1.165, 1.54) is 5.56 Å². The van der Waals surface area contributed by atoms with Crippen LogP contribution >= 0.6 is 0 Å². The van der Waals surface area contributed by atoms with Crippen LogP contribution in [0.15, 0.2) is 30.3 Å². The molecule has 0 saturated heterocycles. The Bertz CT molecular complexity index is 168. The molecule has 0 bridgehead atoms. The first-order chi connectivity index (χ1) is 4.81. The molecular formula is C7H13AlCl2MgOSi. The molecule has 6 heteroatoms. The number of rotatable bonds is 0. The third kappa shape index (κ3) is 19.6. The van der Waals surface area contributed by atoms with Gasteiger partial charge < -0.3 is 28.3 Å². The molecule has 0 aliphatic heterocycles. The van der Waals surface area contributed by atoms with E-state index in [0.29, 0.717) is 0 Å². The first kappa shape index (κ1) is 23.8. The number of benzene rings is 1. The van der Waals surface area contributed by atoms with Crippen LogP contribution in [-0.4, -0.2) is 50.2 Å². The maximum Gasteiger partial charge on any atom is 2.00 e. The Morgan fingerprint density at radius 3 is 1.62 bits per heavy atom. The molecule has 0 amide bonds. The monoisotopic (exact) mass is 262 g/mol. The normalized spacial score (nSPS) is 6.23. The summed E-state index contributed by atoms with van der Waals surface area (Å²) in [5.41, 5.74) is 1.32. The zero-order valence-corrected chi connectivity index (χ0v) is 15.2. The van der Waals surface area contributed by atoms with E-state index in [1.807, 2.05) is 18.2 Å². The van der Waals surface area contributed by atoms with Crippen molar-refractivity contribution in [3.05, 3.63) is 35.9 Å². The number of hydrogen-bond acceptors (Lipinski definition) is 1. The van der Waals surface area contributed by atoms with Crippen LogP contribution in [0.4, 0.5) is 0 Å². The third-order valence-corrected chi connectivity index (χ3v) is 0.940. The van der Waals surface area contributed by atoms with E-state index in [9.17, 15) is 0 Å². The van der Waals surface area contributed by atoms with E-state index >= 15 is 0 Å². The van der Waals surface area contributed by atoms with Crippen LogP contribution in [0.25, 0.3) is 0 Å². The Hall–Kier alpha value is 1.28. The average molecular weight is 263 g/mol. The first-order valence-electron chi connectivity index (χ1n) is 3.23. The average Bonchev–Trinajstić information content (AvgIpc) is 1.91. The molecule has 0 spiro atoms. The van der Waals surface area contributed by atoms with E-state index in [-0.39, 0.29) is 47.9 Å². The molecule has 1 nitrogen and oxygen atoms in total. The van der Waals surface area contributed by atoms with Crippen molar-refractivity contribution in [1.29, 1.82) is 0 Å². The zero-order chi connectivity index (χ0) is 7.82. The zero-order valence-electron chi connectivity index (χ0n) is 8.26. The largest absolute Gasteiger partial charge is 2.00 e. The van der Waals surface area contributed by atoms with Gasteiger partial charge in [0.25, 0.3) is 0 Å². The maximum absolute atomic E-state index is 4.53. The van der Waals surface area contributed by atoms with Gasteiger partial charge in [-0.25, -0.2) is 0 Å². The summed E-state index contributed by atoms with van der Waals surface area (Å²) in [4.78, 5) is 0. The Morgan fingerprint density at radius 1 is 1.15 bits per heavy atom. The molecule has 13 heavy (non-hydrogen) atoms. The number of aryl methyl sites for hydroxylation is 1. The molecule has 0 radical (unpaired) electrons. The number of halogens is 2. The molecule has 0 aliphatic carbocycles. The fraction of sp³-hybridized carbons (Fsp3) is 0.143. The van der Waals surface area contributed by atoms with Gasteiger partial charge in [0, 0.05) is 0 Å². The second-order valence-corrected chi connectivity index (χ2v) is 5.33. The van der Waals surface area contributed by atoms with Crippen molar-refractivity contribution in [2.75, 3.05) is 0 Å². The second kappa shape index (κ2) is 18.9. The maximum atomic E-state index is 4.53. The summed E-state index contributed by atoms with van der Waals surface area (Å²) in [6.45, 7) is 2.08. The molecular weight excluding hydrogens is 250 g/mol. The van der Waals surface area contributed by atoms with Gasteiger partial charge in [-0.05, 0) is 6.92 Å². The van der Waals surface area contributed by atoms with Crippen LogP contribution in [0.5, 0.6) is 0 Å². The molecule has 0 heterocycles. The summed E-state index contributed by atoms with van der Waals surface area (Å²) in [5, 5.41) is 0. The summed E-state index contributed by atoms with van der Waals surface area (Å²) in [6, 6.07) is 10.3. The van der Waals surface area contributed by atoms with E-state index in [2.05, 4.69) is 22.5 Å². The van der Waals surface area contributed by atoms with E-state index in [1.54, 1.807) is 0 Å². The molecule has 0 atom stereocenters. The summed E-state index contributed by atoms with van der Waals surface area (Å²) in [5.74, 6) is 0. The van der Waals surface area contributed by atoms with Crippen molar-refractivity contribution in [3.63, 3.8) is 0 Å². The van der Waals surface area contributed by atoms with Gasteiger partial charge in [0.05, 0.1) is 0 Å². The molecule has 0 aromatic heterocycles. The van der Waals surface area contributed by atoms with E-state index in [4.69, 9.17) is 0 Å². The standard InChI is InChI=1S/C7H8.Al.2ClH.Mg.H3OSi.2H/c1-7-5-3-2-4-6-7;;;;;1-2;;/h2-6H,1H3;;2*1H;;2H3;;/q;+1;;;+2;-1;;/p-2. The van der Waals surface area contributed by atoms with Crippen molar-refractivity contribution >= 4 is 50.2 Å². The van der Waals surface area contributed by atoms with Crippen molar-refractivity contribution in [1.82, 2.24) is 0 Å². The minimum Gasteiger partial charge on any atom is -1.00 e. The quantitative estimate of drug-likeness (QED) is 0.423. The van der Waals surface area contributed by atoms with E-state index < -0.39 is 0 Å². The fourth-order valence-electron chi connectivity index (χ4n) is 0.534. The molecule has 1 rings (SSSR count). The van der Waals surface area contributed by atoms with Gasteiger partial charge in [-0.1, -0.05) is 35.9 Å².